The molecule has 0 saturated carbocycles. The minimum atomic E-state index is -1.44. The Labute approximate surface area is 203 Å². The summed E-state index contributed by atoms with van der Waals surface area (Å²) in [6.45, 7) is 6.39. The maximum Gasteiger partial charge on any atom is 0.305 e. The van der Waals surface area contributed by atoms with E-state index in [2.05, 4.69) is 26.6 Å². The fraction of sp³-hybridized carbons (Fsp3) is 0.667. The third kappa shape index (κ3) is 11.9. The highest BCUT2D eigenvalue weighted by atomic mass is 16.4. The molecule has 198 valence electrons. The number of aliphatic hydroxyl groups excluding tert-OH is 1. The van der Waals surface area contributed by atoms with Crippen LogP contribution in [0.5, 0.6) is 0 Å². The van der Waals surface area contributed by atoms with Gasteiger partial charge in [-0.1, -0.05) is 20.3 Å². The van der Waals surface area contributed by atoms with Gasteiger partial charge < -0.3 is 36.8 Å². The van der Waals surface area contributed by atoms with Gasteiger partial charge in [0.15, 0.2) is 0 Å². The first-order valence-electron chi connectivity index (χ1n) is 11.1. The molecular weight excluding hydrogens is 466 g/mol. The Hall–Kier alpha value is -3.55. The molecule has 0 bridgehead atoms. The summed E-state index contributed by atoms with van der Waals surface area (Å²) in [7, 11) is 0. The van der Waals surface area contributed by atoms with Crippen molar-refractivity contribution in [1.29, 1.82) is 0 Å². The number of nitrogens with one attached hydrogen (secondary N) is 5. The van der Waals surface area contributed by atoms with Gasteiger partial charge in [-0.15, -0.1) is 0 Å². The maximum absolute atomic E-state index is 12.6. The molecule has 0 heterocycles. The van der Waals surface area contributed by atoms with Crippen molar-refractivity contribution < 1.29 is 43.8 Å². The fourth-order valence-electron chi connectivity index (χ4n) is 2.77. The Morgan fingerprint density at radius 1 is 0.829 bits per heavy atom. The molecule has 0 radical (unpaired) electrons. The van der Waals surface area contributed by atoms with Gasteiger partial charge in [0, 0.05) is 13.5 Å². The standard InChI is InChI=1S/C21H35N5O9/c1-6-10(2)16(25-13(5)28)20(34)26-17(12(4)27)19(33)23-9-14(29)24-11(3)18(32)21(35)22-8-7-15(30)31/h10-12,16-17,27H,6-9H2,1-5H3,(H,22,35)(H,23,33)(H,24,29)(H,25,28)(H,26,34)(H,30,31)/t10-,11?,12-,16+,17+/m1/s1. The molecule has 5 atom stereocenters. The molecule has 5 amide bonds. The molecule has 0 aliphatic heterocycles. The first-order valence-corrected chi connectivity index (χ1v) is 11.1. The molecule has 14 heteroatoms. The Kier molecular flexibility index (Phi) is 13.8. The zero-order chi connectivity index (χ0) is 27.3. The van der Waals surface area contributed by atoms with Crippen molar-refractivity contribution in [2.24, 2.45) is 5.92 Å². The number of hydrogen-bond acceptors (Lipinski definition) is 8. The predicted molar refractivity (Wildman–Crippen MR) is 122 cm³/mol. The number of carboxylic acid groups (broad SMARTS) is 1. The van der Waals surface area contributed by atoms with Crippen LogP contribution in [0, 0.1) is 5.92 Å². The van der Waals surface area contributed by atoms with E-state index in [-0.39, 0.29) is 18.9 Å². The van der Waals surface area contributed by atoms with E-state index in [0.717, 1.165) is 0 Å². The van der Waals surface area contributed by atoms with Gasteiger partial charge in [-0.25, -0.2) is 0 Å². The first kappa shape index (κ1) is 31.4. The summed E-state index contributed by atoms with van der Waals surface area (Å²) < 4.78 is 0. The molecule has 1 unspecified atom stereocenters. The van der Waals surface area contributed by atoms with E-state index in [1.54, 1.807) is 6.92 Å². The summed E-state index contributed by atoms with van der Waals surface area (Å²) in [5.41, 5.74) is 0. The smallest absolute Gasteiger partial charge is 0.305 e. The van der Waals surface area contributed by atoms with Gasteiger partial charge >= 0.3 is 5.97 Å². The fourth-order valence-corrected chi connectivity index (χ4v) is 2.77. The number of aliphatic hydroxyl groups is 1. The average Bonchev–Trinajstić information content (AvgIpc) is 2.77. The topological polar surface area (TPSA) is 220 Å². The van der Waals surface area contributed by atoms with E-state index in [4.69, 9.17) is 5.11 Å². The highest BCUT2D eigenvalue weighted by Gasteiger charge is 2.32. The number of hydrogen-bond donors (Lipinski definition) is 7. The van der Waals surface area contributed by atoms with Crippen LogP contribution in [-0.2, 0) is 33.6 Å². The quantitative estimate of drug-likeness (QED) is 0.115. The minimum Gasteiger partial charge on any atom is -0.481 e. The Bertz CT molecular complexity index is 815. The zero-order valence-corrected chi connectivity index (χ0v) is 20.5. The van der Waals surface area contributed by atoms with Crippen molar-refractivity contribution in [2.45, 2.75) is 71.7 Å². The van der Waals surface area contributed by atoms with E-state index >= 15 is 0 Å². The van der Waals surface area contributed by atoms with Crippen molar-refractivity contribution >= 4 is 41.3 Å². The van der Waals surface area contributed by atoms with Gasteiger partial charge in [0.25, 0.3) is 5.91 Å². The molecule has 0 aromatic heterocycles. The number of rotatable bonds is 15. The lowest BCUT2D eigenvalue weighted by atomic mass is 9.97. The molecule has 0 rings (SSSR count). The lowest BCUT2D eigenvalue weighted by Crippen LogP contribution is -2.59. The van der Waals surface area contributed by atoms with Gasteiger partial charge in [-0.05, 0) is 19.8 Å². The Morgan fingerprint density at radius 3 is 1.91 bits per heavy atom. The number of carbonyl (C=O) groups excluding carboxylic acids is 6. The monoisotopic (exact) mass is 501 g/mol. The molecule has 35 heavy (non-hydrogen) atoms. The van der Waals surface area contributed by atoms with E-state index < -0.39 is 72.1 Å². The van der Waals surface area contributed by atoms with Crippen LogP contribution in [-0.4, -0.2) is 88.8 Å². The summed E-state index contributed by atoms with van der Waals surface area (Å²) in [6.07, 6.45) is -1.17. The third-order valence-electron chi connectivity index (χ3n) is 4.96. The van der Waals surface area contributed by atoms with Crippen LogP contribution >= 0.6 is 0 Å². The highest BCUT2D eigenvalue weighted by Crippen LogP contribution is 2.09. The number of ketones is 1. The summed E-state index contributed by atoms with van der Waals surface area (Å²) in [6, 6.07) is -3.64. The van der Waals surface area contributed by atoms with E-state index in [1.807, 2.05) is 6.92 Å². The first-order chi connectivity index (χ1) is 16.2. The summed E-state index contributed by atoms with van der Waals surface area (Å²) in [5, 5.41) is 29.9. The van der Waals surface area contributed by atoms with Gasteiger partial charge in [0.05, 0.1) is 25.1 Å². The van der Waals surface area contributed by atoms with Gasteiger partial charge in [0.1, 0.15) is 12.1 Å². The molecule has 0 spiro atoms. The van der Waals surface area contributed by atoms with Gasteiger partial charge in [0.2, 0.25) is 29.4 Å². The third-order valence-corrected chi connectivity index (χ3v) is 4.96. The van der Waals surface area contributed by atoms with Crippen molar-refractivity contribution in [3.63, 3.8) is 0 Å². The van der Waals surface area contributed by atoms with Crippen molar-refractivity contribution in [3.8, 4) is 0 Å². The second kappa shape index (κ2) is 15.4. The number of amides is 5. The molecule has 0 aromatic rings. The number of Topliss-reactive ketones (excluding diaryl/α,β-unsaturated/α-hetero) is 1. The second-order valence-corrected chi connectivity index (χ2v) is 8.06. The van der Waals surface area contributed by atoms with Crippen LogP contribution in [0.15, 0.2) is 0 Å². The normalized spacial score (nSPS) is 14.8. The summed E-state index contributed by atoms with van der Waals surface area (Å²) in [4.78, 5) is 82.7. The van der Waals surface area contributed by atoms with Crippen LogP contribution in [0.2, 0.25) is 0 Å². The molecule has 0 saturated heterocycles. The van der Waals surface area contributed by atoms with Crippen LogP contribution < -0.4 is 26.6 Å². The molecule has 0 aliphatic carbocycles. The summed E-state index contributed by atoms with van der Waals surface area (Å²) in [5.74, 6) is -6.36. The van der Waals surface area contributed by atoms with E-state index in [9.17, 15) is 38.7 Å². The molecule has 0 fully saturated rings. The number of carbonyl (C=O) groups is 7. The predicted octanol–water partition coefficient (Wildman–Crippen LogP) is -2.82. The minimum absolute atomic E-state index is 0.261. The zero-order valence-electron chi connectivity index (χ0n) is 20.5. The second-order valence-electron chi connectivity index (χ2n) is 8.06. The maximum atomic E-state index is 12.6. The largest absolute Gasteiger partial charge is 0.481 e. The van der Waals surface area contributed by atoms with Crippen LogP contribution in [0.25, 0.3) is 0 Å². The van der Waals surface area contributed by atoms with Crippen LogP contribution in [0.3, 0.4) is 0 Å². The summed E-state index contributed by atoms with van der Waals surface area (Å²) >= 11 is 0. The molecular formula is C21H35N5O9. The van der Waals surface area contributed by atoms with Crippen molar-refractivity contribution in [2.75, 3.05) is 13.1 Å². The number of carboxylic acids is 1. The van der Waals surface area contributed by atoms with E-state index in [0.29, 0.717) is 6.42 Å². The molecule has 7 N–H and O–H groups in total. The van der Waals surface area contributed by atoms with Crippen LogP contribution in [0.1, 0.15) is 47.5 Å². The van der Waals surface area contributed by atoms with E-state index in [1.165, 1.54) is 20.8 Å². The SMILES string of the molecule is CC[C@@H](C)[C@H](NC(C)=O)C(=O)N[C@H](C(=O)NCC(=O)NC(C)C(=O)C(=O)NCCC(=O)O)[C@@H](C)O. The van der Waals surface area contributed by atoms with Crippen LogP contribution in [0.4, 0.5) is 0 Å². The lowest BCUT2D eigenvalue weighted by molar-refractivity contribution is -0.140. The molecule has 0 aromatic carbocycles. The Morgan fingerprint density at radius 2 is 1.43 bits per heavy atom. The number of aliphatic carboxylic acids is 1. The van der Waals surface area contributed by atoms with Crippen molar-refractivity contribution in [3.05, 3.63) is 0 Å². The van der Waals surface area contributed by atoms with Crippen molar-refractivity contribution in [1.82, 2.24) is 26.6 Å². The Balaban J connectivity index is 4.91. The average molecular weight is 502 g/mol. The molecule has 14 nitrogen and oxygen atoms in total. The lowest BCUT2D eigenvalue weighted by Gasteiger charge is -2.27. The molecule has 0 aliphatic rings. The van der Waals surface area contributed by atoms with Gasteiger partial charge in [-0.3, -0.25) is 33.6 Å². The highest BCUT2D eigenvalue weighted by molar-refractivity contribution is 6.38. The van der Waals surface area contributed by atoms with Gasteiger partial charge in [-0.2, -0.15) is 0 Å².